The fraction of sp³-hybridized carbons (Fsp3) is 1.00. The van der Waals surface area contributed by atoms with Gasteiger partial charge in [-0.1, -0.05) is 14.9 Å². The van der Waals surface area contributed by atoms with Gasteiger partial charge in [-0.05, 0) is 54.4 Å². The van der Waals surface area contributed by atoms with Crippen LogP contribution in [-0.2, 0) is 14.2 Å². The van der Waals surface area contributed by atoms with Gasteiger partial charge in [-0.3, -0.25) is 0 Å². The average Bonchev–Trinajstić information content (AvgIpc) is 2.77. The summed E-state index contributed by atoms with van der Waals surface area (Å²) in [5.74, 6) is 0. The minimum absolute atomic E-state index is 0. The Hall–Kier alpha value is -0.120. The van der Waals surface area contributed by atoms with Crippen LogP contribution in [0.1, 0.15) is 69.2 Å². The van der Waals surface area contributed by atoms with Crippen LogP contribution in [0.15, 0.2) is 0 Å². The predicted octanol–water partition coefficient (Wildman–Crippen LogP) is 4.44. The molecule has 2 rings (SSSR count). The minimum atomic E-state index is -0.00551. The first kappa shape index (κ1) is 21.2. The molecule has 1 aliphatic carbocycles. The molecule has 1 aliphatic heterocycles. The van der Waals surface area contributed by atoms with Crippen molar-refractivity contribution in [1.82, 2.24) is 0 Å². The van der Waals surface area contributed by atoms with E-state index >= 15 is 0 Å². The molecule has 0 amide bonds. The highest BCUT2D eigenvalue weighted by Gasteiger charge is 2.27. The molecule has 0 spiro atoms. The van der Waals surface area contributed by atoms with Crippen molar-refractivity contribution >= 4 is 0 Å². The van der Waals surface area contributed by atoms with Crippen molar-refractivity contribution in [2.45, 2.75) is 92.6 Å². The zero-order chi connectivity index (χ0) is 13.1. The smallest absolute Gasteiger partial charge is 0.105 e. The molecule has 2 aliphatic rings. The molecule has 0 N–H and O–H groups in total. The SMILES string of the molecule is C.C.CC(C)(C)OC1CC1.CC(C)(C)OC1COC1. The minimum Gasteiger partial charge on any atom is -0.376 e. The second kappa shape index (κ2) is 8.23. The van der Waals surface area contributed by atoms with Crippen molar-refractivity contribution in [3.05, 3.63) is 0 Å². The maximum Gasteiger partial charge on any atom is 0.105 e. The Morgan fingerprint density at radius 1 is 0.737 bits per heavy atom. The van der Waals surface area contributed by atoms with Crippen LogP contribution in [0.3, 0.4) is 0 Å². The monoisotopic (exact) mass is 276 g/mol. The van der Waals surface area contributed by atoms with Gasteiger partial charge in [0.25, 0.3) is 0 Å². The Labute approximate surface area is 121 Å². The topological polar surface area (TPSA) is 27.7 Å². The Bertz CT molecular complexity index is 217. The van der Waals surface area contributed by atoms with Gasteiger partial charge in [0.05, 0.1) is 30.5 Å². The third-order valence-corrected chi connectivity index (χ3v) is 2.17. The van der Waals surface area contributed by atoms with Crippen molar-refractivity contribution in [2.75, 3.05) is 13.2 Å². The molecule has 0 bridgehead atoms. The van der Waals surface area contributed by atoms with Gasteiger partial charge in [0.1, 0.15) is 6.10 Å². The molecule has 0 unspecified atom stereocenters. The van der Waals surface area contributed by atoms with Crippen molar-refractivity contribution in [3.8, 4) is 0 Å². The highest BCUT2D eigenvalue weighted by molar-refractivity contribution is 4.77. The summed E-state index contributed by atoms with van der Waals surface area (Å²) in [6, 6.07) is 0. The fourth-order valence-corrected chi connectivity index (χ4v) is 1.47. The Balaban J connectivity index is 0. The van der Waals surface area contributed by atoms with Gasteiger partial charge in [0, 0.05) is 0 Å². The Morgan fingerprint density at radius 2 is 1.11 bits per heavy atom. The molecule has 3 heteroatoms. The van der Waals surface area contributed by atoms with E-state index in [2.05, 4.69) is 41.5 Å². The quantitative estimate of drug-likeness (QED) is 0.746. The third kappa shape index (κ3) is 12.6. The summed E-state index contributed by atoms with van der Waals surface area (Å²) in [5, 5.41) is 0. The molecular weight excluding hydrogens is 240 g/mol. The van der Waals surface area contributed by atoms with Crippen molar-refractivity contribution in [2.24, 2.45) is 0 Å². The molecule has 19 heavy (non-hydrogen) atoms. The van der Waals surface area contributed by atoms with E-state index in [1.807, 2.05) is 0 Å². The molecule has 1 saturated carbocycles. The second-order valence-electron chi connectivity index (χ2n) is 6.82. The van der Waals surface area contributed by atoms with E-state index in [1.54, 1.807) is 0 Å². The highest BCUT2D eigenvalue weighted by Crippen LogP contribution is 2.28. The van der Waals surface area contributed by atoms with Gasteiger partial charge >= 0.3 is 0 Å². The molecule has 0 aromatic carbocycles. The standard InChI is InChI=1S/C7H14O2.C7H14O.2CH4/c1-7(2,3)9-6-4-8-5-6;1-7(2,3)8-6-4-5-6;;/h6H,4-5H2,1-3H3;6H,4-5H2,1-3H3;2*1H4. The van der Waals surface area contributed by atoms with Gasteiger partial charge < -0.3 is 14.2 Å². The van der Waals surface area contributed by atoms with Crippen molar-refractivity contribution in [1.29, 1.82) is 0 Å². The Kier molecular flexibility index (Phi) is 9.18. The van der Waals surface area contributed by atoms with Gasteiger partial charge in [-0.15, -0.1) is 0 Å². The van der Waals surface area contributed by atoms with E-state index in [1.165, 1.54) is 12.8 Å². The second-order valence-corrected chi connectivity index (χ2v) is 6.82. The zero-order valence-corrected chi connectivity index (χ0v) is 12.2. The summed E-state index contributed by atoms with van der Waals surface area (Å²) in [6.07, 6.45) is 3.49. The maximum atomic E-state index is 5.55. The molecule has 2 fully saturated rings. The summed E-state index contributed by atoms with van der Waals surface area (Å²) in [7, 11) is 0. The lowest BCUT2D eigenvalue weighted by molar-refractivity contribution is -0.176. The molecule has 0 aromatic rings. The van der Waals surface area contributed by atoms with E-state index in [9.17, 15) is 0 Å². The number of ether oxygens (including phenoxy) is 3. The molecule has 0 radical (unpaired) electrons. The fourth-order valence-electron chi connectivity index (χ4n) is 1.47. The molecule has 118 valence electrons. The number of hydrogen-bond donors (Lipinski definition) is 0. The van der Waals surface area contributed by atoms with Gasteiger partial charge in [0.2, 0.25) is 0 Å². The molecule has 0 atom stereocenters. The van der Waals surface area contributed by atoms with Gasteiger partial charge in [-0.2, -0.15) is 0 Å². The summed E-state index contributed by atoms with van der Waals surface area (Å²) in [6.45, 7) is 14.0. The number of rotatable bonds is 2. The van der Waals surface area contributed by atoms with E-state index < -0.39 is 0 Å². The van der Waals surface area contributed by atoms with Gasteiger partial charge in [0.15, 0.2) is 0 Å². The summed E-state index contributed by atoms with van der Waals surface area (Å²) in [4.78, 5) is 0. The lowest BCUT2D eigenvalue weighted by atomic mass is 10.2. The molecule has 3 nitrogen and oxygen atoms in total. The normalized spacial score (nSPS) is 19.3. The molecule has 1 heterocycles. The lowest BCUT2D eigenvalue weighted by Gasteiger charge is -2.32. The van der Waals surface area contributed by atoms with E-state index in [0.29, 0.717) is 12.2 Å². The largest absolute Gasteiger partial charge is 0.376 e. The third-order valence-electron chi connectivity index (χ3n) is 2.17. The van der Waals surface area contributed by atoms with E-state index in [-0.39, 0.29) is 26.1 Å². The van der Waals surface area contributed by atoms with Crippen molar-refractivity contribution in [3.63, 3.8) is 0 Å². The first-order valence-corrected chi connectivity index (χ1v) is 6.59. The molecular formula is C16H36O3. The van der Waals surface area contributed by atoms with E-state index in [0.717, 1.165) is 13.2 Å². The van der Waals surface area contributed by atoms with Gasteiger partial charge in [-0.25, -0.2) is 0 Å². The maximum absolute atomic E-state index is 5.55. The lowest BCUT2D eigenvalue weighted by Crippen LogP contribution is -2.41. The zero-order valence-electron chi connectivity index (χ0n) is 12.2. The van der Waals surface area contributed by atoms with Crippen LogP contribution in [0.2, 0.25) is 0 Å². The summed E-state index contributed by atoms with van der Waals surface area (Å²) in [5.41, 5.74) is 0.0790. The van der Waals surface area contributed by atoms with Crippen LogP contribution >= 0.6 is 0 Å². The summed E-state index contributed by atoms with van der Waals surface area (Å²) >= 11 is 0. The summed E-state index contributed by atoms with van der Waals surface area (Å²) < 4.78 is 16.1. The molecule has 1 saturated heterocycles. The Morgan fingerprint density at radius 3 is 1.21 bits per heavy atom. The predicted molar refractivity (Wildman–Crippen MR) is 82.8 cm³/mol. The van der Waals surface area contributed by atoms with Crippen LogP contribution in [0.5, 0.6) is 0 Å². The van der Waals surface area contributed by atoms with Crippen LogP contribution < -0.4 is 0 Å². The van der Waals surface area contributed by atoms with Crippen LogP contribution in [-0.4, -0.2) is 36.6 Å². The van der Waals surface area contributed by atoms with Crippen LogP contribution in [0.25, 0.3) is 0 Å². The average molecular weight is 276 g/mol. The van der Waals surface area contributed by atoms with Crippen LogP contribution in [0, 0.1) is 0 Å². The number of hydrogen-bond acceptors (Lipinski definition) is 3. The highest BCUT2D eigenvalue weighted by atomic mass is 16.6. The first-order chi connectivity index (χ1) is 7.66. The van der Waals surface area contributed by atoms with E-state index in [4.69, 9.17) is 14.2 Å². The first-order valence-electron chi connectivity index (χ1n) is 6.59. The van der Waals surface area contributed by atoms with Crippen LogP contribution in [0.4, 0.5) is 0 Å². The molecule has 0 aromatic heterocycles. The van der Waals surface area contributed by atoms with Crippen molar-refractivity contribution < 1.29 is 14.2 Å².